The van der Waals surface area contributed by atoms with E-state index in [1.165, 1.54) is 4.57 Å². The fourth-order valence-corrected chi connectivity index (χ4v) is 1.97. The monoisotopic (exact) mass is 262 g/mol. The Bertz CT molecular complexity index is 612. The molecule has 0 unspecified atom stereocenters. The van der Waals surface area contributed by atoms with Crippen LogP contribution in [0.1, 0.15) is 26.2 Å². The molecule has 0 spiro atoms. The van der Waals surface area contributed by atoms with E-state index in [9.17, 15) is 9.59 Å². The summed E-state index contributed by atoms with van der Waals surface area (Å²) in [4.78, 5) is 23.4. The van der Waals surface area contributed by atoms with Gasteiger partial charge >= 0.3 is 5.76 Å². The van der Waals surface area contributed by atoms with Crippen LogP contribution in [0.4, 0.5) is 0 Å². The van der Waals surface area contributed by atoms with Gasteiger partial charge in [0.2, 0.25) is 5.91 Å². The van der Waals surface area contributed by atoms with Crippen molar-refractivity contribution in [3.63, 3.8) is 0 Å². The predicted octanol–water partition coefficient (Wildman–Crippen LogP) is 1.90. The van der Waals surface area contributed by atoms with E-state index in [1.807, 2.05) is 6.07 Å². The summed E-state index contributed by atoms with van der Waals surface area (Å²) in [6.07, 6.45) is 3.17. The van der Waals surface area contributed by atoms with E-state index in [0.717, 1.165) is 19.3 Å². The number of nitrogens with zero attached hydrogens (tertiary/aromatic N) is 1. The SMILES string of the molecule is CCCCCNC(=O)Cn1c(=O)oc2ccccc21. The molecule has 1 heterocycles. The smallest absolute Gasteiger partial charge is 0.408 e. The highest BCUT2D eigenvalue weighted by Crippen LogP contribution is 2.11. The minimum atomic E-state index is -0.495. The van der Waals surface area contributed by atoms with Crippen LogP contribution in [0, 0.1) is 0 Å². The summed E-state index contributed by atoms with van der Waals surface area (Å²) in [6.45, 7) is 2.76. The second-order valence-electron chi connectivity index (χ2n) is 4.48. The van der Waals surface area contributed by atoms with Gasteiger partial charge in [0.05, 0.1) is 5.52 Å². The van der Waals surface area contributed by atoms with Crippen molar-refractivity contribution in [3.8, 4) is 0 Å². The Morgan fingerprint density at radius 2 is 2.11 bits per heavy atom. The Morgan fingerprint density at radius 3 is 2.89 bits per heavy atom. The van der Waals surface area contributed by atoms with Gasteiger partial charge in [0, 0.05) is 6.54 Å². The maximum absolute atomic E-state index is 11.8. The third-order valence-corrected chi connectivity index (χ3v) is 2.98. The van der Waals surface area contributed by atoms with Crippen LogP contribution in [0.3, 0.4) is 0 Å². The van der Waals surface area contributed by atoms with Crippen LogP contribution >= 0.6 is 0 Å². The molecule has 2 aromatic rings. The number of aromatic nitrogens is 1. The van der Waals surface area contributed by atoms with Gasteiger partial charge in [-0.1, -0.05) is 31.9 Å². The van der Waals surface area contributed by atoms with Gasteiger partial charge in [-0.25, -0.2) is 4.79 Å². The summed E-state index contributed by atoms with van der Waals surface area (Å²) in [6, 6.07) is 7.09. The lowest BCUT2D eigenvalue weighted by Crippen LogP contribution is -2.31. The van der Waals surface area contributed by atoms with Crippen molar-refractivity contribution in [2.75, 3.05) is 6.54 Å². The Morgan fingerprint density at radius 1 is 1.32 bits per heavy atom. The van der Waals surface area contributed by atoms with Crippen LogP contribution in [-0.2, 0) is 11.3 Å². The zero-order valence-corrected chi connectivity index (χ0v) is 11.0. The molecule has 1 N–H and O–H groups in total. The van der Waals surface area contributed by atoms with Crippen LogP contribution in [0.2, 0.25) is 0 Å². The summed E-state index contributed by atoms with van der Waals surface area (Å²) >= 11 is 0. The largest absolute Gasteiger partial charge is 0.420 e. The molecule has 19 heavy (non-hydrogen) atoms. The Kier molecular flexibility index (Phi) is 4.39. The topological polar surface area (TPSA) is 64.2 Å². The maximum Gasteiger partial charge on any atom is 0.420 e. The molecule has 0 fully saturated rings. The summed E-state index contributed by atoms with van der Waals surface area (Å²) in [7, 11) is 0. The van der Waals surface area contributed by atoms with Crippen molar-refractivity contribution in [3.05, 3.63) is 34.8 Å². The second-order valence-corrected chi connectivity index (χ2v) is 4.48. The average Bonchev–Trinajstić information content (AvgIpc) is 2.72. The van der Waals surface area contributed by atoms with Gasteiger partial charge in [-0.15, -0.1) is 0 Å². The highest BCUT2D eigenvalue weighted by atomic mass is 16.4. The molecule has 102 valence electrons. The van der Waals surface area contributed by atoms with Gasteiger partial charge in [0.25, 0.3) is 0 Å². The van der Waals surface area contributed by atoms with Gasteiger partial charge in [0.1, 0.15) is 6.54 Å². The standard InChI is InChI=1S/C14H18N2O3/c1-2-3-6-9-15-13(17)10-16-11-7-4-5-8-12(11)19-14(16)18/h4-5,7-8H,2-3,6,9-10H2,1H3,(H,15,17). The average molecular weight is 262 g/mol. The number of hydrogen-bond donors (Lipinski definition) is 1. The number of rotatable bonds is 6. The van der Waals surface area contributed by atoms with Crippen molar-refractivity contribution in [2.45, 2.75) is 32.7 Å². The highest BCUT2D eigenvalue weighted by molar-refractivity contribution is 5.79. The van der Waals surface area contributed by atoms with E-state index in [1.54, 1.807) is 18.2 Å². The molecule has 0 bridgehead atoms. The van der Waals surface area contributed by atoms with Gasteiger partial charge in [0.15, 0.2) is 5.58 Å². The highest BCUT2D eigenvalue weighted by Gasteiger charge is 2.11. The van der Waals surface area contributed by atoms with Crippen LogP contribution in [0.5, 0.6) is 0 Å². The zero-order chi connectivity index (χ0) is 13.7. The number of para-hydroxylation sites is 2. The molecule has 0 saturated carbocycles. The molecule has 5 heteroatoms. The number of unbranched alkanes of at least 4 members (excludes halogenated alkanes) is 2. The molecule has 1 amide bonds. The number of fused-ring (bicyclic) bond motifs is 1. The van der Waals surface area contributed by atoms with Gasteiger partial charge < -0.3 is 9.73 Å². The quantitative estimate of drug-likeness (QED) is 0.809. The molecule has 0 aliphatic carbocycles. The predicted molar refractivity (Wildman–Crippen MR) is 73.0 cm³/mol. The molecule has 0 radical (unpaired) electrons. The first kappa shape index (κ1) is 13.4. The minimum absolute atomic E-state index is 0.00196. The maximum atomic E-state index is 11.8. The lowest BCUT2D eigenvalue weighted by molar-refractivity contribution is -0.121. The van der Waals surface area contributed by atoms with Gasteiger partial charge in [-0.2, -0.15) is 0 Å². The van der Waals surface area contributed by atoms with E-state index >= 15 is 0 Å². The molecule has 0 saturated heterocycles. The molecule has 0 aliphatic rings. The van der Waals surface area contributed by atoms with Crippen LogP contribution < -0.4 is 11.1 Å². The normalized spacial score (nSPS) is 10.8. The van der Waals surface area contributed by atoms with Crippen molar-refractivity contribution in [2.24, 2.45) is 0 Å². The first-order valence-corrected chi connectivity index (χ1v) is 6.57. The molecule has 5 nitrogen and oxygen atoms in total. The Labute approximate surface area is 111 Å². The third-order valence-electron chi connectivity index (χ3n) is 2.98. The van der Waals surface area contributed by atoms with Crippen molar-refractivity contribution in [1.82, 2.24) is 9.88 Å². The number of carbonyl (C=O) groups excluding carboxylic acids is 1. The minimum Gasteiger partial charge on any atom is -0.408 e. The van der Waals surface area contributed by atoms with Crippen molar-refractivity contribution < 1.29 is 9.21 Å². The fraction of sp³-hybridized carbons (Fsp3) is 0.429. The summed E-state index contributed by atoms with van der Waals surface area (Å²) < 4.78 is 6.42. The molecule has 1 aromatic carbocycles. The first-order valence-electron chi connectivity index (χ1n) is 6.57. The van der Waals surface area contributed by atoms with Crippen LogP contribution in [-0.4, -0.2) is 17.0 Å². The Hall–Kier alpha value is -2.04. The van der Waals surface area contributed by atoms with Crippen molar-refractivity contribution in [1.29, 1.82) is 0 Å². The summed E-state index contributed by atoms with van der Waals surface area (Å²) in [5.74, 6) is -0.658. The second kappa shape index (κ2) is 6.22. The van der Waals surface area contributed by atoms with E-state index in [-0.39, 0.29) is 12.5 Å². The summed E-state index contributed by atoms with van der Waals surface area (Å²) in [5.41, 5.74) is 1.16. The lowest BCUT2D eigenvalue weighted by atomic mass is 10.2. The van der Waals surface area contributed by atoms with E-state index in [2.05, 4.69) is 12.2 Å². The zero-order valence-electron chi connectivity index (χ0n) is 11.0. The molecular weight excluding hydrogens is 244 g/mol. The van der Waals surface area contributed by atoms with Gasteiger partial charge in [-0.3, -0.25) is 9.36 Å². The fourth-order valence-electron chi connectivity index (χ4n) is 1.97. The van der Waals surface area contributed by atoms with Crippen molar-refractivity contribution >= 4 is 17.0 Å². The number of oxazole rings is 1. The third kappa shape index (κ3) is 3.24. The van der Waals surface area contributed by atoms with Crippen LogP contribution in [0.25, 0.3) is 11.1 Å². The first-order chi connectivity index (χ1) is 9.22. The van der Waals surface area contributed by atoms with E-state index in [4.69, 9.17) is 4.42 Å². The molecular formula is C14H18N2O3. The number of carbonyl (C=O) groups is 1. The van der Waals surface area contributed by atoms with E-state index in [0.29, 0.717) is 17.6 Å². The number of hydrogen-bond acceptors (Lipinski definition) is 3. The number of nitrogens with one attached hydrogen (secondary N) is 1. The molecule has 0 aliphatic heterocycles. The Balaban J connectivity index is 2.03. The molecule has 1 aromatic heterocycles. The van der Waals surface area contributed by atoms with Crippen LogP contribution in [0.15, 0.2) is 33.5 Å². The lowest BCUT2D eigenvalue weighted by Gasteiger charge is -2.05. The molecule has 0 atom stereocenters. The van der Waals surface area contributed by atoms with E-state index < -0.39 is 5.76 Å². The van der Waals surface area contributed by atoms with Gasteiger partial charge in [-0.05, 0) is 18.6 Å². The number of benzene rings is 1. The molecule has 2 rings (SSSR count). The summed E-state index contributed by atoms with van der Waals surface area (Å²) in [5, 5.41) is 2.81. The number of amides is 1.